The topological polar surface area (TPSA) is 98.7 Å². The molecule has 0 atom stereocenters. The van der Waals surface area contributed by atoms with E-state index in [9.17, 15) is 14.9 Å². The van der Waals surface area contributed by atoms with Crippen molar-refractivity contribution in [3.05, 3.63) is 64.2 Å². The normalized spacial score (nSPS) is 10.2. The van der Waals surface area contributed by atoms with Gasteiger partial charge in [0.25, 0.3) is 11.6 Å². The number of hydrogen-bond donors (Lipinski definition) is 1. The van der Waals surface area contributed by atoms with Gasteiger partial charge in [-0.25, -0.2) is 0 Å². The minimum atomic E-state index is -0.597. The molecule has 0 unspecified atom stereocenters. The maximum absolute atomic E-state index is 12.3. The largest absolute Gasteiger partial charge is 0.494 e. The fourth-order valence-corrected chi connectivity index (χ4v) is 2.17. The zero-order valence-corrected chi connectivity index (χ0v) is 13.3. The van der Waals surface area contributed by atoms with Gasteiger partial charge in [-0.2, -0.15) is 0 Å². The van der Waals surface area contributed by atoms with Crippen LogP contribution in [0.25, 0.3) is 0 Å². The molecule has 0 saturated heterocycles. The van der Waals surface area contributed by atoms with E-state index < -0.39 is 4.92 Å². The SMILES string of the molecule is CN(CCCOc1ccccc1)C(=O)c1ccc(N)c([N+](=O)[O-])c1. The van der Waals surface area contributed by atoms with Crippen molar-refractivity contribution in [2.75, 3.05) is 25.9 Å². The molecule has 2 rings (SSSR count). The quantitative estimate of drug-likeness (QED) is 0.364. The van der Waals surface area contributed by atoms with Gasteiger partial charge in [0.1, 0.15) is 11.4 Å². The van der Waals surface area contributed by atoms with Gasteiger partial charge in [-0.15, -0.1) is 0 Å². The number of nitrogen functional groups attached to an aromatic ring is 1. The van der Waals surface area contributed by atoms with Gasteiger partial charge in [0.15, 0.2) is 0 Å². The number of para-hydroxylation sites is 1. The maximum atomic E-state index is 12.3. The number of hydrogen-bond acceptors (Lipinski definition) is 5. The molecular weight excluding hydrogens is 310 g/mol. The standard InChI is InChI=1S/C17H19N3O4/c1-19(10-5-11-24-14-6-3-2-4-7-14)17(21)13-8-9-15(18)16(12-13)20(22)23/h2-4,6-9,12H,5,10-11,18H2,1H3. The van der Waals surface area contributed by atoms with Crippen LogP contribution >= 0.6 is 0 Å². The highest BCUT2D eigenvalue weighted by atomic mass is 16.6. The molecule has 2 aromatic rings. The molecule has 2 aromatic carbocycles. The number of nitrogens with two attached hydrogens (primary N) is 1. The van der Waals surface area contributed by atoms with E-state index in [0.29, 0.717) is 19.6 Å². The summed E-state index contributed by atoms with van der Waals surface area (Å²) in [5.41, 5.74) is 5.55. The van der Waals surface area contributed by atoms with Crippen molar-refractivity contribution in [3.63, 3.8) is 0 Å². The number of amides is 1. The first-order valence-electron chi connectivity index (χ1n) is 7.46. The van der Waals surface area contributed by atoms with Crippen LogP contribution < -0.4 is 10.5 Å². The second-order valence-corrected chi connectivity index (χ2v) is 5.27. The summed E-state index contributed by atoms with van der Waals surface area (Å²) < 4.78 is 5.56. The Bertz CT molecular complexity index is 719. The molecule has 1 amide bonds. The molecule has 0 radical (unpaired) electrons. The predicted octanol–water partition coefficient (Wildman–Crippen LogP) is 2.72. The van der Waals surface area contributed by atoms with Crippen LogP contribution in [0.3, 0.4) is 0 Å². The molecule has 0 aliphatic heterocycles. The number of carbonyl (C=O) groups excluding carboxylic acids is 1. The van der Waals surface area contributed by atoms with Gasteiger partial charge >= 0.3 is 0 Å². The Morgan fingerprint density at radius 3 is 2.62 bits per heavy atom. The number of anilines is 1. The van der Waals surface area contributed by atoms with E-state index in [4.69, 9.17) is 10.5 Å². The van der Waals surface area contributed by atoms with Crippen molar-refractivity contribution < 1.29 is 14.5 Å². The van der Waals surface area contributed by atoms with Crippen molar-refractivity contribution in [3.8, 4) is 5.75 Å². The van der Waals surface area contributed by atoms with Crippen LogP contribution in [0.4, 0.5) is 11.4 Å². The fourth-order valence-electron chi connectivity index (χ4n) is 2.17. The Hall–Kier alpha value is -3.09. The molecule has 2 N–H and O–H groups in total. The molecule has 0 spiro atoms. The van der Waals surface area contributed by atoms with E-state index in [-0.39, 0.29) is 22.8 Å². The summed E-state index contributed by atoms with van der Waals surface area (Å²) in [6, 6.07) is 13.5. The van der Waals surface area contributed by atoms with Crippen molar-refractivity contribution in [2.45, 2.75) is 6.42 Å². The molecule has 7 heteroatoms. The average Bonchev–Trinajstić information content (AvgIpc) is 2.59. The first kappa shape index (κ1) is 17.3. The maximum Gasteiger partial charge on any atom is 0.292 e. The third-order valence-electron chi connectivity index (χ3n) is 3.47. The molecule has 0 saturated carbocycles. The van der Waals surface area contributed by atoms with E-state index in [1.165, 1.54) is 23.1 Å². The molecule has 0 aliphatic carbocycles. The molecule has 0 heterocycles. The Kier molecular flexibility index (Phi) is 5.73. The Morgan fingerprint density at radius 1 is 1.25 bits per heavy atom. The van der Waals surface area contributed by atoms with Crippen LogP contribution in [-0.4, -0.2) is 35.9 Å². The van der Waals surface area contributed by atoms with Crippen LogP contribution in [0.1, 0.15) is 16.8 Å². The number of nitro groups is 1. The monoisotopic (exact) mass is 329 g/mol. The molecular formula is C17H19N3O4. The van der Waals surface area contributed by atoms with Crippen LogP contribution in [0.2, 0.25) is 0 Å². The second kappa shape index (κ2) is 7.96. The first-order chi connectivity index (χ1) is 11.5. The predicted molar refractivity (Wildman–Crippen MR) is 91.0 cm³/mol. The molecule has 126 valence electrons. The minimum absolute atomic E-state index is 0.0375. The highest BCUT2D eigenvalue weighted by molar-refractivity contribution is 5.95. The average molecular weight is 329 g/mol. The lowest BCUT2D eigenvalue weighted by molar-refractivity contribution is -0.383. The van der Waals surface area contributed by atoms with Crippen LogP contribution in [0.15, 0.2) is 48.5 Å². The van der Waals surface area contributed by atoms with Crippen LogP contribution in [0, 0.1) is 10.1 Å². The number of ether oxygens (including phenoxy) is 1. The smallest absolute Gasteiger partial charge is 0.292 e. The van der Waals surface area contributed by atoms with Crippen LogP contribution in [-0.2, 0) is 0 Å². The lowest BCUT2D eigenvalue weighted by atomic mass is 10.1. The highest BCUT2D eigenvalue weighted by Gasteiger charge is 2.18. The van der Waals surface area contributed by atoms with Crippen molar-refractivity contribution in [1.29, 1.82) is 0 Å². The third-order valence-corrected chi connectivity index (χ3v) is 3.47. The molecule has 0 bridgehead atoms. The van der Waals surface area contributed by atoms with E-state index in [1.807, 2.05) is 30.3 Å². The molecule has 0 fully saturated rings. The summed E-state index contributed by atoms with van der Waals surface area (Å²) >= 11 is 0. The number of carbonyl (C=O) groups is 1. The van der Waals surface area contributed by atoms with Gasteiger partial charge in [0.2, 0.25) is 0 Å². The Morgan fingerprint density at radius 2 is 1.96 bits per heavy atom. The van der Waals surface area contributed by atoms with E-state index >= 15 is 0 Å². The second-order valence-electron chi connectivity index (χ2n) is 5.27. The molecule has 24 heavy (non-hydrogen) atoms. The summed E-state index contributed by atoms with van der Waals surface area (Å²) in [7, 11) is 1.65. The Balaban J connectivity index is 1.88. The molecule has 0 aromatic heterocycles. The first-order valence-corrected chi connectivity index (χ1v) is 7.46. The summed E-state index contributed by atoms with van der Waals surface area (Å²) in [4.78, 5) is 24.1. The number of benzene rings is 2. The van der Waals surface area contributed by atoms with Crippen molar-refractivity contribution in [1.82, 2.24) is 4.90 Å². The van der Waals surface area contributed by atoms with Gasteiger partial charge in [-0.3, -0.25) is 14.9 Å². The minimum Gasteiger partial charge on any atom is -0.494 e. The highest BCUT2D eigenvalue weighted by Crippen LogP contribution is 2.23. The van der Waals surface area contributed by atoms with Crippen molar-refractivity contribution in [2.24, 2.45) is 0 Å². The Labute approximate surface area is 139 Å². The van der Waals surface area contributed by atoms with Crippen LogP contribution in [0.5, 0.6) is 5.75 Å². The number of nitro benzene ring substituents is 1. The van der Waals surface area contributed by atoms with E-state index in [2.05, 4.69) is 0 Å². The molecule has 0 aliphatic rings. The van der Waals surface area contributed by atoms with E-state index in [1.54, 1.807) is 7.05 Å². The summed E-state index contributed by atoms with van der Waals surface area (Å²) in [6.07, 6.45) is 0.647. The molecule has 7 nitrogen and oxygen atoms in total. The lowest BCUT2D eigenvalue weighted by Crippen LogP contribution is -2.28. The summed E-state index contributed by atoms with van der Waals surface area (Å²) in [5.74, 6) is 0.485. The summed E-state index contributed by atoms with van der Waals surface area (Å²) in [6.45, 7) is 0.952. The van der Waals surface area contributed by atoms with Crippen molar-refractivity contribution >= 4 is 17.3 Å². The van der Waals surface area contributed by atoms with Gasteiger partial charge in [-0.1, -0.05) is 18.2 Å². The van der Waals surface area contributed by atoms with Gasteiger partial charge in [-0.05, 0) is 30.7 Å². The third kappa shape index (κ3) is 4.45. The summed E-state index contributed by atoms with van der Waals surface area (Å²) in [5, 5.41) is 10.9. The van der Waals surface area contributed by atoms with E-state index in [0.717, 1.165) is 5.75 Å². The van der Waals surface area contributed by atoms with Gasteiger partial charge in [0, 0.05) is 25.2 Å². The zero-order chi connectivity index (χ0) is 17.5. The zero-order valence-electron chi connectivity index (χ0n) is 13.3. The lowest BCUT2D eigenvalue weighted by Gasteiger charge is -2.17. The number of nitrogens with zero attached hydrogens (tertiary/aromatic N) is 2. The fraction of sp³-hybridized carbons (Fsp3) is 0.235. The number of rotatable bonds is 7. The van der Waals surface area contributed by atoms with Gasteiger partial charge < -0.3 is 15.4 Å². The van der Waals surface area contributed by atoms with Gasteiger partial charge in [0.05, 0.1) is 11.5 Å².